The van der Waals surface area contributed by atoms with Gasteiger partial charge < -0.3 is 9.80 Å². The van der Waals surface area contributed by atoms with E-state index < -0.39 is 0 Å². The number of fused-ring (bicyclic) bond motifs is 11. The molecule has 0 atom stereocenters. The van der Waals surface area contributed by atoms with Crippen LogP contribution in [-0.2, 0) is 18.3 Å². The third-order valence-electron chi connectivity index (χ3n) is 13.7. The Kier molecular flexibility index (Phi) is 7.39. The summed E-state index contributed by atoms with van der Waals surface area (Å²) in [6.07, 6.45) is 13.0. The molecule has 0 saturated heterocycles. The van der Waals surface area contributed by atoms with E-state index in [-0.39, 0.29) is 5.41 Å². The van der Waals surface area contributed by atoms with Gasteiger partial charge in [0.2, 0.25) is 0 Å². The number of hydrogen-bond acceptors (Lipinski definition) is 2. The average Bonchev–Trinajstić information content (AvgIpc) is 3.87. The molecule has 2 nitrogen and oxygen atoms in total. The van der Waals surface area contributed by atoms with Crippen molar-refractivity contribution in [3.8, 4) is 11.1 Å². The molecule has 0 unspecified atom stereocenters. The lowest BCUT2D eigenvalue weighted by Crippen LogP contribution is -2.25. The second kappa shape index (κ2) is 12.8. The lowest BCUT2D eigenvalue weighted by atomic mass is 9.76. The van der Waals surface area contributed by atoms with Crippen LogP contribution in [0.3, 0.4) is 0 Å². The van der Waals surface area contributed by atoms with Gasteiger partial charge in [0.15, 0.2) is 0 Å². The fraction of sp³-hybridized carbons (Fsp3) is 0.164. The number of hydrogen-bond donors (Lipinski definition) is 0. The van der Waals surface area contributed by atoms with Crippen molar-refractivity contribution in [3.05, 3.63) is 197 Å². The first-order valence-corrected chi connectivity index (χ1v) is 21.0. The van der Waals surface area contributed by atoms with Gasteiger partial charge in [-0.15, -0.1) is 0 Å². The van der Waals surface area contributed by atoms with Crippen LogP contribution in [0.4, 0.5) is 28.4 Å². The summed E-state index contributed by atoms with van der Waals surface area (Å²) in [5.41, 5.74) is 19.3. The molecule has 8 aromatic carbocycles. The van der Waals surface area contributed by atoms with E-state index >= 15 is 0 Å². The second-order valence-corrected chi connectivity index (χ2v) is 16.8. The minimum Gasteiger partial charge on any atom is -0.341 e. The van der Waals surface area contributed by atoms with E-state index in [2.05, 4.69) is 180 Å². The van der Waals surface area contributed by atoms with Crippen LogP contribution in [0.15, 0.2) is 158 Å². The van der Waals surface area contributed by atoms with Gasteiger partial charge in [-0.2, -0.15) is 0 Å². The van der Waals surface area contributed by atoms with Crippen LogP contribution in [0.2, 0.25) is 0 Å². The van der Waals surface area contributed by atoms with Crippen molar-refractivity contribution < 1.29 is 0 Å². The van der Waals surface area contributed by atoms with Crippen molar-refractivity contribution >= 4 is 62.1 Å². The van der Waals surface area contributed by atoms with Crippen LogP contribution in [0.5, 0.6) is 0 Å². The molecule has 0 N–H and O–H groups in total. The summed E-state index contributed by atoms with van der Waals surface area (Å²) in [7, 11) is 0. The van der Waals surface area contributed by atoms with Crippen molar-refractivity contribution in [1.29, 1.82) is 0 Å². The first-order valence-electron chi connectivity index (χ1n) is 21.0. The number of anilines is 5. The van der Waals surface area contributed by atoms with Gasteiger partial charge in [-0.3, -0.25) is 0 Å². The Morgan fingerprint density at radius 1 is 0.456 bits per heavy atom. The zero-order valence-electron chi connectivity index (χ0n) is 32.2. The summed E-state index contributed by atoms with van der Waals surface area (Å²) in [5.74, 6) is 0. The molecule has 4 aliphatic rings. The molecule has 274 valence electrons. The fourth-order valence-electron chi connectivity index (χ4n) is 11.0. The largest absolute Gasteiger partial charge is 0.341 e. The predicted molar refractivity (Wildman–Crippen MR) is 241 cm³/mol. The summed E-state index contributed by atoms with van der Waals surface area (Å²) in [5, 5.41) is 5.11. The number of rotatable bonds is 4. The third kappa shape index (κ3) is 5.16. The molecule has 1 fully saturated rings. The summed E-state index contributed by atoms with van der Waals surface area (Å²) in [6, 6.07) is 59.8. The minimum atomic E-state index is 0.116. The lowest BCUT2D eigenvalue weighted by molar-refractivity contribution is 0.549. The Bertz CT molecular complexity index is 2900. The van der Waals surface area contributed by atoms with Gasteiger partial charge in [-0.25, -0.2) is 0 Å². The van der Waals surface area contributed by atoms with E-state index in [1.54, 1.807) is 5.56 Å². The van der Waals surface area contributed by atoms with Crippen LogP contribution in [-0.4, -0.2) is 6.54 Å². The zero-order chi connectivity index (χ0) is 37.5. The van der Waals surface area contributed by atoms with Gasteiger partial charge in [0, 0.05) is 46.8 Å². The Morgan fingerprint density at radius 2 is 1.04 bits per heavy atom. The monoisotopic (exact) mass is 732 g/mol. The quantitative estimate of drug-likeness (QED) is 0.131. The van der Waals surface area contributed by atoms with Crippen LogP contribution < -0.4 is 9.80 Å². The van der Waals surface area contributed by atoms with E-state index in [4.69, 9.17) is 0 Å². The molecule has 0 radical (unpaired) electrons. The molecule has 2 aliphatic heterocycles. The molecule has 1 spiro atoms. The molecule has 1 saturated carbocycles. The third-order valence-corrected chi connectivity index (χ3v) is 13.7. The van der Waals surface area contributed by atoms with Gasteiger partial charge in [0.25, 0.3) is 0 Å². The maximum atomic E-state index is 2.57. The standard InChI is InChI=1S/C55H44N2/c1-4-14-52-39(10-1)13-9-31-56(52)44-23-28-49-48-26-20-38(33-50(48)55(51(49)36-44)29-7-8-30-55)18-17-37-19-25-46-40(32-37)21-22-41-35-45(24-27-47(41)46)57-53-15-5-2-11-42(53)34-43-12-3-6-16-54(43)57/h1-6,10-12,14-28,32-33,35-36H,7-9,13,29-31,34H2. The van der Waals surface area contributed by atoms with Gasteiger partial charge in [0.1, 0.15) is 0 Å². The van der Waals surface area contributed by atoms with Gasteiger partial charge in [-0.05, 0) is 146 Å². The molecule has 57 heavy (non-hydrogen) atoms. The second-order valence-electron chi connectivity index (χ2n) is 16.8. The molecule has 0 bridgehead atoms. The Labute approximate surface area is 335 Å². The highest BCUT2D eigenvalue weighted by Crippen LogP contribution is 2.58. The predicted octanol–water partition coefficient (Wildman–Crippen LogP) is 14.5. The van der Waals surface area contributed by atoms with Crippen molar-refractivity contribution in [2.24, 2.45) is 0 Å². The SMILES string of the molecule is C(=Cc1ccc2c(ccc3cc(N4c5ccccc5Cc5ccccc54)ccc32)c1)c1ccc2c(c1)C1(CCCC1)c1cc(N3CCCc4ccccc43)ccc1-2. The lowest BCUT2D eigenvalue weighted by Gasteiger charge is -2.33. The van der Waals surface area contributed by atoms with Gasteiger partial charge in [-0.1, -0.05) is 134 Å². The van der Waals surface area contributed by atoms with Crippen molar-refractivity contribution in [1.82, 2.24) is 0 Å². The Morgan fingerprint density at radius 3 is 1.79 bits per heavy atom. The number of para-hydroxylation sites is 3. The first-order chi connectivity index (χ1) is 28.2. The topological polar surface area (TPSA) is 6.48 Å². The van der Waals surface area contributed by atoms with E-state index in [1.807, 2.05) is 0 Å². The van der Waals surface area contributed by atoms with Crippen molar-refractivity contribution in [2.45, 2.75) is 50.4 Å². The Balaban J connectivity index is 0.851. The molecular formula is C55H44N2. The molecule has 2 heterocycles. The number of benzene rings is 8. The molecule has 2 heteroatoms. The zero-order valence-corrected chi connectivity index (χ0v) is 32.2. The van der Waals surface area contributed by atoms with Gasteiger partial charge in [0.05, 0.1) is 0 Å². The molecule has 8 aromatic rings. The molecular weight excluding hydrogens is 689 g/mol. The highest BCUT2D eigenvalue weighted by Gasteiger charge is 2.45. The summed E-state index contributed by atoms with van der Waals surface area (Å²) >= 11 is 0. The van der Waals surface area contributed by atoms with E-state index in [0.717, 1.165) is 13.0 Å². The van der Waals surface area contributed by atoms with E-state index in [9.17, 15) is 0 Å². The minimum absolute atomic E-state index is 0.116. The van der Waals surface area contributed by atoms with Crippen molar-refractivity contribution in [2.75, 3.05) is 16.3 Å². The highest BCUT2D eigenvalue weighted by atomic mass is 15.2. The summed E-state index contributed by atoms with van der Waals surface area (Å²) in [4.78, 5) is 5.00. The molecule has 0 aromatic heterocycles. The first kappa shape index (κ1) is 32.8. The fourth-order valence-corrected chi connectivity index (χ4v) is 11.0. The molecule has 12 rings (SSSR count). The smallest absolute Gasteiger partial charge is 0.0497 e. The molecule has 0 amide bonds. The van der Waals surface area contributed by atoms with Crippen LogP contribution in [0, 0.1) is 0 Å². The summed E-state index contributed by atoms with van der Waals surface area (Å²) in [6.45, 7) is 1.08. The normalized spacial score (nSPS) is 16.2. The van der Waals surface area contributed by atoms with E-state index in [0.29, 0.717) is 0 Å². The van der Waals surface area contributed by atoms with Crippen LogP contribution in [0.1, 0.15) is 71.0 Å². The average molecular weight is 733 g/mol. The number of nitrogens with zero attached hydrogens (tertiary/aromatic N) is 2. The Hall–Kier alpha value is -6.38. The van der Waals surface area contributed by atoms with Crippen LogP contribution >= 0.6 is 0 Å². The van der Waals surface area contributed by atoms with Gasteiger partial charge >= 0.3 is 0 Å². The number of aryl methyl sites for hydroxylation is 1. The highest BCUT2D eigenvalue weighted by molar-refractivity contribution is 6.09. The van der Waals surface area contributed by atoms with Crippen LogP contribution in [0.25, 0.3) is 44.8 Å². The van der Waals surface area contributed by atoms with E-state index in [1.165, 1.54) is 133 Å². The molecule has 2 aliphatic carbocycles. The maximum absolute atomic E-state index is 2.57. The summed E-state index contributed by atoms with van der Waals surface area (Å²) < 4.78 is 0. The van der Waals surface area contributed by atoms with Crippen molar-refractivity contribution in [3.63, 3.8) is 0 Å². The maximum Gasteiger partial charge on any atom is 0.0497 e.